The van der Waals surface area contributed by atoms with Gasteiger partial charge in [0.15, 0.2) is 0 Å². The van der Waals surface area contributed by atoms with Crippen LogP contribution in [0.3, 0.4) is 0 Å². The van der Waals surface area contributed by atoms with Crippen molar-refractivity contribution in [2.45, 2.75) is 38.9 Å². The van der Waals surface area contributed by atoms with Gasteiger partial charge in [0.1, 0.15) is 0 Å². The van der Waals surface area contributed by atoms with E-state index in [9.17, 15) is 4.79 Å². The van der Waals surface area contributed by atoms with E-state index < -0.39 is 0 Å². The molecule has 0 rings (SSSR count). The molecule has 0 saturated heterocycles. The maximum Gasteiger partial charge on any atom is 0.202 e. The molecule has 0 aromatic carbocycles. The first kappa shape index (κ1) is 13.5. The van der Waals surface area contributed by atoms with E-state index in [0.717, 1.165) is 22.8 Å². The molecular formula is C9H16OS3. The summed E-state index contributed by atoms with van der Waals surface area (Å²) < 4.78 is 0.844. The van der Waals surface area contributed by atoms with Gasteiger partial charge in [-0.3, -0.25) is 4.79 Å². The van der Waals surface area contributed by atoms with Gasteiger partial charge >= 0.3 is 0 Å². The van der Waals surface area contributed by atoms with Crippen LogP contribution in [0, 0.1) is 0 Å². The molecule has 0 aliphatic rings. The lowest BCUT2D eigenvalue weighted by Gasteiger charge is -2.07. The van der Waals surface area contributed by atoms with Crippen LogP contribution in [-0.4, -0.2) is 20.3 Å². The summed E-state index contributed by atoms with van der Waals surface area (Å²) in [5.74, 6) is 0.941. The van der Waals surface area contributed by atoms with Crippen molar-refractivity contribution in [1.29, 1.82) is 0 Å². The first-order valence-corrected chi connectivity index (χ1v) is 6.69. The Morgan fingerprint density at radius 1 is 1.54 bits per heavy atom. The summed E-state index contributed by atoms with van der Waals surface area (Å²) in [5.41, 5.74) is 0. The maximum atomic E-state index is 11.4. The Morgan fingerprint density at radius 3 is 2.62 bits per heavy atom. The molecule has 0 fully saturated rings. The van der Waals surface area contributed by atoms with E-state index in [1.165, 1.54) is 23.5 Å². The summed E-state index contributed by atoms with van der Waals surface area (Å²) in [6.07, 6.45) is 2.26. The van der Waals surface area contributed by atoms with Crippen molar-refractivity contribution in [3.8, 4) is 0 Å². The van der Waals surface area contributed by atoms with Gasteiger partial charge in [0.2, 0.25) is 5.12 Å². The molecule has 1 atom stereocenters. The van der Waals surface area contributed by atoms with Gasteiger partial charge in [0, 0.05) is 9.95 Å². The fourth-order valence-electron chi connectivity index (χ4n) is 0.732. The van der Waals surface area contributed by atoms with E-state index in [1.807, 2.05) is 13.8 Å². The first-order valence-electron chi connectivity index (χ1n) is 4.41. The molecule has 0 saturated carbocycles. The van der Waals surface area contributed by atoms with E-state index >= 15 is 0 Å². The topological polar surface area (TPSA) is 17.1 Å². The molecule has 0 radical (unpaired) electrons. The van der Waals surface area contributed by atoms with E-state index in [1.54, 1.807) is 0 Å². The average Bonchev–Trinajstić information content (AvgIpc) is 2.03. The molecule has 0 aliphatic carbocycles. The fourth-order valence-corrected chi connectivity index (χ4v) is 2.98. The number of rotatable bonds is 5. The van der Waals surface area contributed by atoms with Crippen LogP contribution in [0.4, 0.5) is 0 Å². The Hall–Kier alpha value is 0.460. The maximum absolute atomic E-state index is 11.4. The number of thiocarbonyl (C=S) groups is 1. The molecule has 0 aromatic rings. The molecule has 0 spiro atoms. The van der Waals surface area contributed by atoms with Crippen molar-refractivity contribution < 1.29 is 4.79 Å². The molecule has 0 amide bonds. The van der Waals surface area contributed by atoms with Gasteiger partial charge in [-0.1, -0.05) is 37.3 Å². The minimum atomic E-state index is 0.0133. The van der Waals surface area contributed by atoms with E-state index in [0.29, 0.717) is 0 Å². The molecule has 0 aliphatic heterocycles. The summed E-state index contributed by atoms with van der Waals surface area (Å²) in [6, 6.07) is 0. The minimum absolute atomic E-state index is 0.0133. The second kappa shape index (κ2) is 7.83. The highest BCUT2D eigenvalue weighted by molar-refractivity contribution is 8.25. The van der Waals surface area contributed by atoms with E-state index in [4.69, 9.17) is 12.2 Å². The molecule has 0 aromatic heterocycles. The van der Waals surface area contributed by atoms with Crippen molar-refractivity contribution in [1.82, 2.24) is 0 Å². The number of hydrogen-bond acceptors (Lipinski definition) is 4. The molecule has 76 valence electrons. The zero-order chi connectivity index (χ0) is 10.3. The SMILES string of the molecule is CCCCSC(=O)C(C)SC(C)=S. The van der Waals surface area contributed by atoms with Gasteiger partial charge in [0.05, 0.1) is 5.25 Å². The summed E-state index contributed by atoms with van der Waals surface area (Å²) >= 11 is 7.84. The lowest BCUT2D eigenvalue weighted by Crippen LogP contribution is -2.10. The number of hydrogen-bond donors (Lipinski definition) is 0. The highest BCUT2D eigenvalue weighted by atomic mass is 32.2. The molecular weight excluding hydrogens is 220 g/mol. The lowest BCUT2D eigenvalue weighted by molar-refractivity contribution is -0.110. The molecule has 4 heteroatoms. The Bertz CT molecular complexity index is 180. The Balaban J connectivity index is 3.63. The van der Waals surface area contributed by atoms with Crippen LogP contribution in [0.15, 0.2) is 0 Å². The molecule has 0 N–H and O–H groups in total. The molecule has 0 bridgehead atoms. The summed E-state index contributed by atoms with van der Waals surface area (Å²) in [7, 11) is 0. The standard InChI is InChI=1S/C9H16OS3/c1-4-5-6-12-9(10)7(2)13-8(3)11/h7H,4-6H2,1-3H3. The Kier molecular flexibility index (Phi) is 8.10. The molecule has 0 heterocycles. The number of thioether (sulfide) groups is 2. The zero-order valence-corrected chi connectivity index (χ0v) is 10.8. The van der Waals surface area contributed by atoms with Crippen LogP contribution >= 0.6 is 35.7 Å². The van der Waals surface area contributed by atoms with Crippen molar-refractivity contribution in [2.24, 2.45) is 0 Å². The highest BCUT2D eigenvalue weighted by Gasteiger charge is 2.13. The van der Waals surface area contributed by atoms with Gasteiger partial charge in [-0.25, -0.2) is 0 Å². The monoisotopic (exact) mass is 236 g/mol. The minimum Gasteiger partial charge on any atom is -0.286 e. The largest absolute Gasteiger partial charge is 0.286 e. The first-order chi connectivity index (χ1) is 6.07. The van der Waals surface area contributed by atoms with Gasteiger partial charge in [0.25, 0.3) is 0 Å². The second-order valence-corrected chi connectivity index (χ2v) is 6.30. The normalized spacial score (nSPS) is 12.5. The average molecular weight is 236 g/mol. The number of unbranched alkanes of at least 4 members (excludes halogenated alkanes) is 1. The van der Waals surface area contributed by atoms with Gasteiger partial charge in [-0.2, -0.15) is 0 Å². The van der Waals surface area contributed by atoms with Gasteiger partial charge < -0.3 is 0 Å². The Morgan fingerprint density at radius 2 is 2.15 bits per heavy atom. The number of carbonyl (C=O) groups is 1. The molecule has 13 heavy (non-hydrogen) atoms. The Labute approximate surface area is 94.4 Å². The molecule has 1 nitrogen and oxygen atoms in total. The zero-order valence-electron chi connectivity index (χ0n) is 8.33. The third-order valence-electron chi connectivity index (χ3n) is 1.42. The number of carbonyl (C=O) groups excluding carboxylic acids is 1. The highest BCUT2D eigenvalue weighted by Crippen LogP contribution is 2.20. The van der Waals surface area contributed by atoms with Crippen molar-refractivity contribution in [3.05, 3.63) is 0 Å². The van der Waals surface area contributed by atoms with Crippen LogP contribution in [0.2, 0.25) is 0 Å². The third kappa shape index (κ3) is 7.52. The van der Waals surface area contributed by atoms with Crippen molar-refractivity contribution in [2.75, 3.05) is 5.75 Å². The van der Waals surface area contributed by atoms with Crippen molar-refractivity contribution >= 4 is 45.1 Å². The lowest BCUT2D eigenvalue weighted by atomic mass is 10.4. The van der Waals surface area contributed by atoms with Crippen LogP contribution in [-0.2, 0) is 4.79 Å². The van der Waals surface area contributed by atoms with Crippen LogP contribution in [0.5, 0.6) is 0 Å². The summed E-state index contributed by atoms with van der Waals surface area (Å²) in [4.78, 5) is 11.4. The van der Waals surface area contributed by atoms with Gasteiger partial charge in [-0.05, 0) is 20.3 Å². The fraction of sp³-hybridized carbons (Fsp3) is 0.778. The van der Waals surface area contributed by atoms with Gasteiger partial charge in [-0.15, -0.1) is 11.8 Å². The van der Waals surface area contributed by atoms with Crippen LogP contribution < -0.4 is 0 Å². The quantitative estimate of drug-likeness (QED) is 0.536. The smallest absolute Gasteiger partial charge is 0.202 e. The molecule has 1 unspecified atom stereocenters. The predicted molar refractivity (Wildman–Crippen MR) is 67.7 cm³/mol. The van der Waals surface area contributed by atoms with Crippen molar-refractivity contribution in [3.63, 3.8) is 0 Å². The van der Waals surface area contributed by atoms with E-state index in [-0.39, 0.29) is 10.4 Å². The predicted octanol–water partition coefficient (Wildman–Crippen LogP) is 3.52. The van der Waals surface area contributed by atoms with Crippen LogP contribution in [0.1, 0.15) is 33.6 Å². The van der Waals surface area contributed by atoms with Crippen LogP contribution in [0.25, 0.3) is 0 Å². The summed E-state index contributed by atoms with van der Waals surface area (Å²) in [5, 5.41) is 0.266. The second-order valence-electron chi connectivity index (χ2n) is 2.77. The summed E-state index contributed by atoms with van der Waals surface area (Å²) in [6.45, 7) is 5.91. The van der Waals surface area contributed by atoms with E-state index in [2.05, 4.69) is 6.92 Å². The third-order valence-corrected chi connectivity index (χ3v) is 3.89.